The lowest BCUT2D eigenvalue weighted by Crippen LogP contribution is -2.09. The van der Waals surface area contributed by atoms with Crippen LogP contribution < -0.4 is 5.43 Å². The zero-order chi connectivity index (χ0) is 25.9. The van der Waals surface area contributed by atoms with Crippen LogP contribution in [0.25, 0.3) is 33.4 Å². The molecule has 2 N–H and O–H groups in total. The van der Waals surface area contributed by atoms with Crippen molar-refractivity contribution in [2.24, 2.45) is 5.92 Å². The molecule has 1 heterocycles. The molecule has 0 amide bonds. The fourth-order valence-electron chi connectivity index (χ4n) is 3.97. The van der Waals surface area contributed by atoms with Crippen molar-refractivity contribution >= 4 is 86.5 Å². The lowest BCUT2D eigenvalue weighted by Gasteiger charge is -2.22. The third-order valence-corrected chi connectivity index (χ3v) is 7.40. The molecule has 4 rings (SSSR count). The van der Waals surface area contributed by atoms with Gasteiger partial charge in [-0.3, -0.25) is 4.79 Å². The summed E-state index contributed by atoms with van der Waals surface area (Å²) in [5.41, 5.74) is -0.121. The van der Waals surface area contributed by atoms with E-state index in [1.807, 2.05) is 13.8 Å². The van der Waals surface area contributed by atoms with Gasteiger partial charge in [-0.15, -0.1) is 0 Å². The van der Waals surface area contributed by atoms with E-state index in [1.165, 1.54) is 18.2 Å². The number of phenols is 1. The molecule has 0 saturated heterocycles. The minimum absolute atomic E-state index is 0.0386. The number of carbonyl (C=O) groups is 1. The van der Waals surface area contributed by atoms with Crippen LogP contribution in [0.5, 0.6) is 5.75 Å². The Bertz CT molecular complexity index is 1570. The molecule has 182 valence electrons. The van der Waals surface area contributed by atoms with Crippen LogP contribution in [0.1, 0.15) is 29.8 Å². The normalized spacial score (nSPS) is 11.7. The first kappa shape index (κ1) is 26.2. The summed E-state index contributed by atoms with van der Waals surface area (Å²) in [5.74, 6) is -1.79. The predicted molar refractivity (Wildman–Crippen MR) is 142 cm³/mol. The molecule has 2 aromatic rings. The number of benzene rings is 3. The number of carboxylic acids is 1. The number of hydrogen-bond acceptors (Lipinski definition) is 4. The van der Waals surface area contributed by atoms with Gasteiger partial charge in [0.25, 0.3) is 0 Å². The first-order valence-electron chi connectivity index (χ1n) is 10.0. The largest absolute Gasteiger partial charge is 0.505 e. The number of aromatic carboxylic acids is 1. The van der Waals surface area contributed by atoms with E-state index in [1.54, 1.807) is 0 Å². The van der Waals surface area contributed by atoms with Crippen LogP contribution in [0.3, 0.4) is 0 Å². The number of fused-ring (bicyclic) bond motifs is 2. The first-order chi connectivity index (χ1) is 16.3. The highest BCUT2D eigenvalue weighted by molar-refractivity contribution is 6.43. The van der Waals surface area contributed by atoms with E-state index in [9.17, 15) is 19.8 Å². The number of halogens is 6. The van der Waals surface area contributed by atoms with E-state index in [0.29, 0.717) is 12.0 Å². The molecule has 0 aromatic heterocycles. The second-order valence-corrected chi connectivity index (χ2v) is 10.6. The van der Waals surface area contributed by atoms with E-state index in [-0.39, 0.29) is 75.0 Å². The van der Waals surface area contributed by atoms with Crippen molar-refractivity contribution in [3.05, 3.63) is 69.7 Å². The third-order valence-electron chi connectivity index (χ3n) is 5.41. The predicted octanol–water partition coefficient (Wildman–Crippen LogP) is 9.09. The second kappa shape index (κ2) is 9.55. The molecule has 1 aliphatic heterocycles. The van der Waals surface area contributed by atoms with Crippen LogP contribution >= 0.6 is 69.6 Å². The van der Waals surface area contributed by atoms with Gasteiger partial charge in [0.2, 0.25) is 5.43 Å². The van der Waals surface area contributed by atoms with Crippen molar-refractivity contribution in [3.63, 3.8) is 0 Å². The van der Waals surface area contributed by atoms with Gasteiger partial charge in [-0.25, -0.2) is 4.79 Å². The molecule has 0 bridgehead atoms. The fraction of sp³-hybridized carbons (Fsp3) is 0.167. The standard InChI is InChI=1S/C24H14Cl6O5/c1-7(2)3-8-4-11(25)15(24(33)34)16(17(8)28)14-9-5-12(26)20(31)18(29)22(9)35-23-10(14)6-13(27)21(32)19(23)30/h4-7,31H,3H2,1-2H3,(H,33,34). The van der Waals surface area contributed by atoms with Crippen molar-refractivity contribution in [1.82, 2.24) is 0 Å². The monoisotopic (exact) mass is 592 g/mol. The molecule has 0 saturated carbocycles. The number of aromatic hydroxyl groups is 1. The highest BCUT2D eigenvalue weighted by Gasteiger charge is 2.31. The molecule has 2 aromatic carbocycles. The summed E-state index contributed by atoms with van der Waals surface area (Å²) in [4.78, 5) is 24.9. The average molecular weight is 595 g/mol. The average Bonchev–Trinajstić information content (AvgIpc) is 2.77. The van der Waals surface area contributed by atoms with E-state index in [4.69, 9.17) is 74.0 Å². The topological polar surface area (TPSA) is 87.7 Å². The Labute approximate surface area is 229 Å². The Morgan fingerprint density at radius 1 is 0.914 bits per heavy atom. The van der Waals surface area contributed by atoms with E-state index in [0.717, 1.165) is 0 Å². The quantitative estimate of drug-likeness (QED) is 0.230. The van der Waals surface area contributed by atoms with Crippen molar-refractivity contribution in [2.45, 2.75) is 20.3 Å². The summed E-state index contributed by atoms with van der Waals surface area (Å²) < 4.78 is 5.84. The SMILES string of the molecule is CC(C)Cc1cc(Cl)c(C(=O)O)c(-c2c3cc(Cl)c(=O)c(Cl)c-3oc3c(Cl)c(O)c(Cl)cc23)c1Cl. The maximum absolute atomic E-state index is 12.5. The van der Waals surface area contributed by atoms with Crippen LogP contribution in [0, 0.1) is 5.92 Å². The molecule has 0 unspecified atom stereocenters. The molecule has 0 atom stereocenters. The molecule has 0 fully saturated rings. The lowest BCUT2D eigenvalue weighted by atomic mass is 9.88. The molecule has 0 spiro atoms. The molecular formula is C24H14Cl6O5. The molecule has 11 heteroatoms. The lowest BCUT2D eigenvalue weighted by molar-refractivity contribution is 0.0698. The summed E-state index contributed by atoms with van der Waals surface area (Å²) in [6, 6.07) is 4.15. The summed E-state index contributed by atoms with van der Waals surface area (Å²) in [5, 5.41) is 19.7. The molecule has 5 nitrogen and oxygen atoms in total. The maximum atomic E-state index is 12.5. The van der Waals surface area contributed by atoms with Crippen LogP contribution in [0.4, 0.5) is 0 Å². The minimum atomic E-state index is -1.35. The van der Waals surface area contributed by atoms with Crippen molar-refractivity contribution in [3.8, 4) is 28.2 Å². The minimum Gasteiger partial charge on any atom is -0.505 e. The van der Waals surface area contributed by atoms with Crippen LogP contribution in [-0.2, 0) is 6.42 Å². The maximum Gasteiger partial charge on any atom is 0.337 e. The number of hydrogen-bond donors (Lipinski definition) is 2. The van der Waals surface area contributed by atoms with E-state index >= 15 is 0 Å². The molecular weight excluding hydrogens is 581 g/mol. The summed E-state index contributed by atoms with van der Waals surface area (Å²) >= 11 is 38.3. The van der Waals surface area contributed by atoms with Crippen LogP contribution in [0.2, 0.25) is 30.1 Å². The fourth-order valence-corrected chi connectivity index (χ4v) is 5.59. The van der Waals surface area contributed by atoms with E-state index in [2.05, 4.69) is 0 Å². The first-order valence-corrected chi connectivity index (χ1v) is 12.3. The Hall–Kier alpha value is -1.86. The number of carboxylic acid groups (broad SMARTS) is 1. The Morgan fingerprint density at radius 3 is 2.17 bits per heavy atom. The van der Waals surface area contributed by atoms with Crippen LogP contribution in [0.15, 0.2) is 27.4 Å². The molecule has 35 heavy (non-hydrogen) atoms. The van der Waals surface area contributed by atoms with Gasteiger partial charge in [-0.1, -0.05) is 83.5 Å². The Balaban J connectivity index is 2.36. The van der Waals surface area contributed by atoms with E-state index < -0.39 is 17.1 Å². The highest BCUT2D eigenvalue weighted by Crippen LogP contribution is 2.51. The Morgan fingerprint density at radius 2 is 1.57 bits per heavy atom. The van der Waals surface area contributed by atoms with Gasteiger partial charge in [-0.2, -0.15) is 0 Å². The third kappa shape index (κ3) is 4.33. The number of rotatable bonds is 4. The highest BCUT2D eigenvalue weighted by atomic mass is 35.5. The Kier molecular flexibility index (Phi) is 7.15. The zero-order valence-electron chi connectivity index (χ0n) is 17.9. The second-order valence-electron chi connectivity index (χ2n) is 8.24. The summed E-state index contributed by atoms with van der Waals surface area (Å²) in [7, 11) is 0. The van der Waals surface area contributed by atoms with Gasteiger partial charge < -0.3 is 14.6 Å². The zero-order valence-corrected chi connectivity index (χ0v) is 22.4. The van der Waals surface area contributed by atoms with Gasteiger partial charge in [0.05, 0.1) is 25.7 Å². The van der Waals surface area contributed by atoms with Gasteiger partial charge in [0.1, 0.15) is 10.0 Å². The summed E-state index contributed by atoms with van der Waals surface area (Å²) in [6.45, 7) is 3.94. The molecule has 0 radical (unpaired) electrons. The van der Waals surface area contributed by atoms with Gasteiger partial charge in [-0.05, 0) is 36.1 Å². The van der Waals surface area contributed by atoms with Gasteiger partial charge in [0.15, 0.2) is 17.1 Å². The molecule has 2 aliphatic rings. The van der Waals surface area contributed by atoms with Gasteiger partial charge >= 0.3 is 5.97 Å². The number of phenolic OH excluding ortho intramolecular Hbond substituents is 1. The van der Waals surface area contributed by atoms with Gasteiger partial charge in [0, 0.05) is 22.1 Å². The van der Waals surface area contributed by atoms with Crippen LogP contribution in [-0.4, -0.2) is 16.2 Å². The van der Waals surface area contributed by atoms with Crippen molar-refractivity contribution in [1.29, 1.82) is 0 Å². The smallest absolute Gasteiger partial charge is 0.337 e. The van der Waals surface area contributed by atoms with Crippen molar-refractivity contribution < 1.29 is 19.4 Å². The van der Waals surface area contributed by atoms with Crippen molar-refractivity contribution in [2.75, 3.05) is 0 Å². The molecule has 1 aliphatic carbocycles. The summed E-state index contributed by atoms with van der Waals surface area (Å²) in [6.07, 6.45) is 0.493.